The van der Waals surface area contributed by atoms with Gasteiger partial charge in [0.05, 0.1) is 10.5 Å². The molecule has 0 fully saturated rings. The second-order valence-corrected chi connectivity index (χ2v) is 5.90. The first-order chi connectivity index (χ1) is 9.35. The number of benzene rings is 1. The van der Waals surface area contributed by atoms with E-state index in [0.717, 1.165) is 12.8 Å². The second-order valence-electron chi connectivity index (χ2n) is 5.04. The highest BCUT2D eigenvalue weighted by molar-refractivity contribution is 9.10. The van der Waals surface area contributed by atoms with Crippen LogP contribution in [0.4, 0.5) is 5.69 Å². The number of hydrogen-bond acceptors (Lipinski definition) is 3. The summed E-state index contributed by atoms with van der Waals surface area (Å²) >= 11 is 3.25. The number of carbonyl (C=O) groups excluding carboxylic acids is 1. The molecule has 0 radical (unpaired) electrons. The Labute approximate surface area is 127 Å². The summed E-state index contributed by atoms with van der Waals surface area (Å²) in [6, 6.07) is 4.20. The van der Waals surface area contributed by atoms with Crippen LogP contribution in [0.3, 0.4) is 0 Å². The Hall–Kier alpha value is -1.43. The van der Waals surface area contributed by atoms with Crippen molar-refractivity contribution in [3.63, 3.8) is 0 Å². The van der Waals surface area contributed by atoms with Crippen molar-refractivity contribution in [2.24, 2.45) is 5.92 Å². The predicted octanol–water partition coefficient (Wildman–Crippen LogP) is 3.91. The molecule has 1 aromatic rings. The first-order valence-corrected chi connectivity index (χ1v) is 7.39. The van der Waals surface area contributed by atoms with Crippen LogP contribution in [0.2, 0.25) is 0 Å². The Kier molecular flexibility index (Phi) is 6.13. The average Bonchev–Trinajstić information content (AvgIpc) is 2.38. The largest absolute Gasteiger partial charge is 0.350 e. The number of nitrogens with one attached hydrogen (secondary N) is 1. The van der Waals surface area contributed by atoms with Gasteiger partial charge in [0.25, 0.3) is 11.6 Å². The molecule has 1 rings (SSSR count). The van der Waals surface area contributed by atoms with Gasteiger partial charge in [-0.2, -0.15) is 0 Å². The molecule has 0 heterocycles. The number of carbonyl (C=O) groups is 1. The Morgan fingerprint density at radius 3 is 2.65 bits per heavy atom. The van der Waals surface area contributed by atoms with Gasteiger partial charge in [0.15, 0.2) is 0 Å². The molecule has 6 heteroatoms. The summed E-state index contributed by atoms with van der Waals surface area (Å²) in [4.78, 5) is 22.4. The lowest BCUT2D eigenvalue weighted by molar-refractivity contribution is -0.384. The van der Waals surface area contributed by atoms with Gasteiger partial charge in [0.1, 0.15) is 0 Å². The maximum Gasteiger partial charge on any atom is 0.270 e. The summed E-state index contributed by atoms with van der Waals surface area (Å²) in [5, 5.41) is 13.6. The van der Waals surface area contributed by atoms with Gasteiger partial charge in [-0.05, 0) is 41.3 Å². The number of non-ortho nitro benzene ring substituents is 1. The average molecular weight is 343 g/mol. The fraction of sp³-hybridized carbons (Fsp3) is 0.500. The fourth-order valence-electron chi connectivity index (χ4n) is 1.93. The lowest BCUT2D eigenvalue weighted by atomic mass is 10.00. The molecule has 20 heavy (non-hydrogen) atoms. The van der Waals surface area contributed by atoms with E-state index in [2.05, 4.69) is 35.1 Å². The van der Waals surface area contributed by atoms with E-state index in [1.807, 2.05) is 6.92 Å². The molecule has 110 valence electrons. The van der Waals surface area contributed by atoms with Crippen molar-refractivity contribution < 1.29 is 9.72 Å². The van der Waals surface area contributed by atoms with Crippen LogP contribution >= 0.6 is 15.9 Å². The number of nitro groups is 1. The molecule has 0 bridgehead atoms. The zero-order valence-corrected chi connectivity index (χ0v) is 13.4. The van der Waals surface area contributed by atoms with Crippen LogP contribution in [0.5, 0.6) is 0 Å². The Bertz CT molecular complexity index is 505. The van der Waals surface area contributed by atoms with Crippen LogP contribution < -0.4 is 5.32 Å². The minimum atomic E-state index is -0.508. The van der Waals surface area contributed by atoms with Gasteiger partial charge < -0.3 is 5.32 Å². The molecule has 0 aliphatic rings. The highest BCUT2D eigenvalue weighted by Crippen LogP contribution is 2.22. The van der Waals surface area contributed by atoms with Gasteiger partial charge in [-0.1, -0.05) is 20.3 Å². The number of halogens is 1. The third kappa shape index (κ3) is 4.59. The van der Waals surface area contributed by atoms with Crippen molar-refractivity contribution >= 4 is 27.5 Å². The number of rotatable bonds is 6. The lowest BCUT2D eigenvalue weighted by Crippen LogP contribution is -2.33. The minimum absolute atomic E-state index is 0.0311. The number of amides is 1. The Morgan fingerprint density at radius 2 is 2.10 bits per heavy atom. The topological polar surface area (TPSA) is 72.2 Å². The third-order valence-electron chi connectivity index (χ3n) is 3.24. The number of nitro benzene ring substituents is 1. The smallest absolute Gasteiger partial charge is 0.270 e. The molecular weight excluding hydrogens is 324 g/mol. The zero-order valence-electron chi connectivity index (χ0n) is 11.9. The molecule has 1 aromatic carbocycles. The van der Waals surface area contributed by atoms with Gasteiger partial charge in [0, 0.05) is 22.6 Å². The standard InChI is InChI=1S/C14H19BrN2O3/c1-4-9(2)7-10(3)16-14(18)12-8-11(17(19)20)5-6-13(12)15/h5-6,8-10H,4,7H2,1-3H3,(H,16,18). The Morgan fingerprint density at radius 1 is 1.45 bits per heavy atom. The van der Waals surface area contributed by atoms with Gasteiger partial charge >= 0.3 is 0 Å². The van der Waals surface area contributed by atoms with Crippen LogP contribution in [0.25, 0.3) is 0 Å². The maximum atomic E-state index is 12.2. The van der Waals surface area contributed by atoms with Gasteiger partial charge in [-0.25, -0.2) is 0 Å². The highest BCUT2D eigenvalue weighted by Gasteiger charge is 2.17. The summed E-state index contributed by atoms with van der Waals surface area (Å²) in [6.07, 6.45) is 1.94. The molecule has 2 atom stereocenters. The molecule has 0 spiro atoms. The molecular formula is C14H19BrN2O3. The first kappa shape index (κ1) is 16.6. The normalized spacial score (nSPS) is 13.6. The maximum absolute atomic E-state index is 12.2. The summed E-state index contributed by atoms with van der Waals surface area (Å²) in [6.45, 7) is 6.18. The van der Waals surface area contributed by atoms with Gasteiger partial charge in [0.2, 0.25) is 0 Å². The minimum Gasteiger partial charge on any atom is -0.350 e. The van der Waals surface area contributed by atoms with Crippen molar-refractivity contribution in [2.45, 2.75) is 39.7 Å². The van der Waals surface area contributed by atoms with Crippen LogP contribution in [0.15, 0.2) is 22.7 Å². The van der Waals surface area contributed by atoms with E-state index in [0.29, 0.717) is 10.4 Å². The monoisotopic (exact) mass is 342 g/mol. The molecule has 5 nitrogen and oxygen atoms in total. The molecule has 0 aromatic heterocycles. The fourth-order valence-corrected chi connectivity index (χ4v) is 2.36. The molecule has 0 saturated carbocycles. The van der Waals surface area contributed by atoms with Crippen molar-refractivity contribution in [2.75, 3.05) is 0 Å². The summed E-state index contributed by atoms with van der Waals surface area (Å²) < 4.78 is 0.552. The molecule has 0 aliphatic carbocycles. The van der Waals surface area contributed by atoms with Crippen LogP contribution in [-0.2, 0) is 0 Å². The SMILES string of the molecule is CCC(C)CC(C)NC(=O)c1cc([N+](=O)[O-])ccc1Br. The van der Waals surface area contributed by atoms with Crippen LogP contribution in [0, 0.1) is 16.0 Å². The summed E-state index contributed by atoms with van der Waals surface area (Å²) in [7, 11) is 0. The quantitative estimate of drug-likeness (QED) is 0.629. The van der Waals surface area contributed by atoms with Crippen LogP contribution in [0.1, 0.15) is 44.0 Å². The second kappa shape index (κ2) is 7.38. The van der Waals surface area contributed by atoms with Crippen LogP contribution in [-0.4, -0.2) is 16.9 Å². The molecule has 0 saturated heterocycles. The molecule has 2 unspecified atom stereocenters. The lowest BCUT2D eigenvalue weighted by Gasteiger charge is -2.17. The Balaban J connectivity index is 2.81. The van der Waals surface area contributed by atoms with E-state index in [1.165, 1.54) is 18.2 Å². The van der Waals surface area contributed by atoms with Crippen molar-refractivity contribution in [3.05, 3.63) is 38.3 Å². The van der Waals surface area contributed by atoms with E-state index in [4.69, 9.17) is 0 Å². The predicted molar refractivity (Wildman–Crippen MR) is 81.8 cm³/mol. The van der Waals surface area contributed by atoms with Gasteiger partial charge in [-0.15, -0.1) is 0 Å². The molecule has 0 aliphatic heterocycles. The number of hydrogen-bond donors (Lipinski definition) is 1. The van der Waals surface area contributed by atoms with E-state index >= 15 is 0 Å². The highest BCUT2D eigenvalue weighted by atomic mass is 79.9. The molecule has 1 N–H and O–H groups in total. The zero-order chi connectivity index (χ0) is 15.3. The van der Waals surface area contributed by atoms with Crippen molar-refractivity contribution in [1.82, 2.24) is 5.32 Å². The van der Waals surface area contributed by atoms with E-state index in [-0.39, 0.29) is 23.2 Å². The van der Waals surface area contributed by atoms with E-state index < -0.39 is 4.92 Å². The number of nitrogens with zero attached hydrogens (tertiary/aromatic N) is 1. The van der Waals surface area contributed by atoms with E-state index in [9.17, 15) is 14.9 Å². The first-order valence-electron chi connectivity index (χ1n) is 6.60. The summed E-state index contributed by atoms with van der Waals surface area (Å²) in [5.41, 5.74) is 0.197. The van der Waals surface area contributed by atoms with Crippen molar-refractivity contribution in [1.29, 1.82) is 0 Å². The third-order valence-corrected chi connectivity index (χ3v) is 3.93. The summed E-state index contributed by atoms with van der Waals surface area (Å²) in [5.74, 6) is 0.232. The van der Waals surface area contributed by atoms with Crippen molar-refractivity contribution in [3.8, 4) is 0 Å². The van der Waals surface area contributed by atoms with E-state index in [1.54, 1.807) is 0 Å². The van der Waals surface area contributed by atoms with Gasteiger partial charge in [-0.3, -0.25) is 14.9 Å². The molecule has 1 amide bonds.